The van der Waals surface area contributed by atoms with E-state index < -0.39 is 0 Å². The Morgan fingerprint density at radius 3 is 2.20 bits per heavy atom. The normalized spacial score (nSPS) is 18.8. The van der Waals surface area contributed by atoms with Crippen molar-refractivity contribution in [3.8, 4) is 11.3 Å². The Labute approximate surface area is 165 Å². The van der Waals surface area contributed by atoms with Gasteiger partial charge in [-0.05, 0) is 34.4 Å². The van der Waals surface area contributed by atoms with E-state index in [-0.39, 0.29) is 36.4 Å². The molecule has 1 aromatic carbocycles. The molecule has 1 aliphatic rings. The first kappa shape index (κ1) is 19.8. The summed E-state index contributed by atoms with van der Waals surface area (Å²) in [5.74, 6) is 0. The summed E-state index contributed by atoms with van der Waals surface area (Å²) < 4.78 is 0. The molecule has 0 fully saturated rings. The summed E-state index contributed by atoms with van der Waals surface area (Å²) in [5.41, 5.74) is 6.40. The van der Waals surface area contributed by atoms with Gasteiger partial charge >= 0.3 is 0 Å². The second-order valence-electron chi connectivity index (χ2n) is 8.52. The smallest absolute Gasteiger partial charge is 0.184 e. The van der Waals surface area contributed by atoms with Crippen LogP contribution in [0.1, 0.15) is 58.2 Å². The van der Waals surface area contributed by atoms with Crippen molar-refractivity contribution in [2.24, 2.45) is 5.41 Å². The minimum Gasteiger partial charge on any atom is -0.307 e. The van der Waals surface area contributed by atoms with Crippen LogP contribution in [-0.4, -0.2) is 4.98 Å². The third kappa shape index (κ3) is 2.59. The number of aromatic nitrogens is 1. The van der Waals surface area contributed by atoms with Gasteiger partial charge in [0.15, 0.2) is 5.69 Å². The number of rotatable bonds is 1. The van der Waals surface area contributed by atoms with E-state index in [2.05, 4.69) is 69.6 Å². The molecule has 1 radical (unpaired) electrons. The predicted molar refractivity (Wildman–Crippen MR) is 99.3 cm³/mol. The summed E-state index contributed by atoms with van der Waals surface area (Å²) >= 11 is 0. The maximum atomic E-state index is 7.32. The van der Waals surface area contributed by atoms with Crippen molar-refractivity contribution in [1.29, 1.82) is 0 Å². The molecule has 3 rings (SSSR count). The van der Waals surface area contributed by atoms with E-state index in [1.54, 1.807) is 6.20 Å². The Kier molecular flexibility index (Phi) is 4.79. The van der Waals surface area contributed by atoms with Gasteiger partial charge in [0.05, 0.1) is 6.57 Å². The van der Waals surface area contributed by atoms with Gasteiger partial charge in [0, 0.05) is 26.3 Å². The molecule has 0 aliphatic heterocycles. The SMILES string of the molecule is [C-]#[N+]c1cc(-c2[c-]cc3c(c2)C(C)(C)C(C)(C)C3(C)C)ncc1C.[Ir]. The predicted octanol–water partition coefficient (Wildman–Crippen LogP) is 6.00. The number of nitrogens with zero attached hydrogens (tertiary/aromatic N) is 2. The molecule has 25 heavy (non-hydrogen) atoms. The molecule has 0 unspecified atom stereocenters. The van der Waals surface area contributed by atoms with Crippen molar-refractivity contribution >= 4 is 5.69 Å². The summed E-state index contributed by atoms with van der Waals surface area (Å²) in [6.07, 6.45) is 1.78. The summed E-state index contributed by atoms with van der Waals surface area (Å²) in [5, 5.41) is 0. The minimum absolute atomic E-state index is 0. The molecule has 0 bridgehead atoms. The molecule has 1 aliphatic carbocycles. The Hall–Kier alpha value is -1.49. The second-order valence-corrected chi connectivity index (χ2v) is 8.52. The number of aryl methyl sites for hydroxylation is 1. The van der Waals surface area contributed by atoms with Crippen molar-refractivity contribution in [3.05, 3.63) is 58.6 Å². The molecule has 3 heteroatoms. The van der Waals surface area contributed by atoms with Crippen LogP contribution in [0, 0.1) is 25.0 Å². The average Bonchev–Trinajstić information content (AvgIpc) is 2.63. The number of pyridine rings is 1. The van der Waals surface area contributed by atoms with Gasteiger partial charge in [-0.2, -0.15) is 0 Å². The molecule has 0 saturated heterocycles. The number of benzene rings is 1. The van der Waals surface area contributed by atoms with Crippen LogP contribution in [0.3, 0.4) is 0 Å². The van der Waals surface area contributed by atoms with Crippen molar-refractivity contribution in [2.75, 3.05) is 0 Å². The van der Waals surface area contributed by atoms with E-state index in [0.29, 0.717) is 5.69 Å². The van der Waals surface area contributed by atoms with Crippen molar-refractivity contribution in [2.45, 2.75) is 59.3 Å². The van der Waals surface area contributed by atoms with Gasteiger partial charge in [0.1, 0.15) is 0 Å². The molecular weight excluding hydrogens is 484 g/mol. The van der Waals surface area contributed by atoms with Crippen LogP contribution in [0.5, 0.6) is 0 Å². The van der Waals surface area contributed by atoms with Gasteiger partial charge < -0.3 is 4.98 Å². The maximum Gasteiger partial charge on any atom is 0.184 e. The molecule has 133 valence electrons. The summed E-state index contributed by atoms with van der Waals surface area (Å²) in [6.45, 7) is 23.3. The Morgan fingerprint density at radius 1 is 1.00 bits per heavy atom. The fourth-order valence-corrected chi connectivity index (χ4v) is 3.91. The minimum atomic E-state index is 0. The topological polar surface area (TPSA) is 17.2 Å². The fourth-order valence-electron chi connectivity index (χ4n) is 3.91. The van der Waals surface area contributed by atoms with E-state index in [4.69, 9.17) is 6.57 Å². The Morgan fingerprint density at radius 2 is 1.60 bits per heavy atom. The number of hydrogen-bond acceptors (Lipinski definition) is 1. The van der Waals surface area contributed by atoms with Crippen LogP contribution >= 0.6 is 0 Å². The van der Waals surface area contributed by atoms with E-state index >= 15 is 0 Å². The number of fused-ring (bicyclic) bond motifs is 1. The van der Waals surface area contributed by atoms with Crippen LogP contribution in [0.25, 0.3) is 16.1 Å². The van der Waals surface area contributed by atoms with Crippen LogP contribution in [-0.2, 0) is 30.9 Å². The molecule has 0 saturated carbocycles. The van der Waals surface area contributed by atoms with Gasteiger partial charge in [-0.25, -0.2) is 4.85 Å². The summed E-state index contributed by atoms with van der Waals surface area (Å²) in [6, 6.07) is 9.67. The van der Waals surface area contributed by atoms with Crippen molar-refractivity contribution < 1.29 is 20.1 Å². The van der Waals surface area contributed by atoms with Gasteiger partial charge in [0.25, 0.3) is 0 Å². The molecule has 1 aromatic heterocycles. The first-order valence-corrected chi connectivity index (χ1v) is 8.45. The van der Waals surface area contributed by atoms with E-state index in [9.17, 15) is 0 Å². The van der Waals surface area contributed by atoms with Crippen LogP contribution in [0.15, 0.2) is 24.4 Å². The summed E-state index contributed by atoms with van der Waals surface area (Å²) in [4.78, 5) is 8.13. The van der Waals surface area contributed by atoms with Crippen molar-refractivity contribution in [1.82, 2.24) is 4.98 Å². The largest absolute Gasteiger partial charge is 0.307 e. The van der Waals surface area contributed by atoms with Gasteiger partial charge in [-0.1, -0.05) is 47.6 Å². The average molecular weight is 510 g/mol. The van der Waals surface area contributed by atoms with Crippen LogP contribution < -0.4 is 0 Å². The zero-order valence-corrected chi connectivity index (χ0v) is 18.4. The zero-order valence-electron chi connectivity index (χ0n) is 16.0. The first-order valence-electron chi connectivity index (χ1n) is 8.45. The van der Waals surface area contributed by atoms with E-state index in [0.717, 1.165) is 16.8 Å². The van der Waals surface area contributed by atoms with E-state index in [1.165, 1.54) is 11.1 Å². The standard InChI is InChI=1S/C22H25N2.Ir/c1-14-13-24-19(12-18(14)23-8)15-9-10-16-17(11-15)21(4,5)22(6,7)20(16,2)3;/h10-13H,1-7H3;/q-1;. The zero-order chi connectivity index (χ0) is 17.9. The van der Waals surface area contributed by atoms with Crippen LogP contribution in [0.2, 0.25) is 0 Å². The fraction of sp³-hybridized carbons (Fsp3) is 0.455. The quantitative estimate of drug-likeness (QED) is 0.431. The molecule has 1 heterocycles. The van der Waals surface area contributed by atoms with Crippen molar-refractivity contribution in [3.63, 3.8) is 0 Å². The molecular formula is C22H25IrN2-. The first-order chi connectivity index (χ1) is 11.0. The molecule has 2 aromatic rings. The molecule has 0 spiro atoms. The Balaban J connectivity index is 0.00000225. The molecule has 2 nitrogen and oxygen atoms in total. The van der Waals surface area contributed by atoms with Crippen LogP contribution in [0.4, 0.5) is 5.69 Å². The van der Waals surface area contributed by atoms with E-state index in [1.807, 2.05) is 13.0 Å². The second kappa shape index (κ2) is 6.04. The third-order valence-corrected chi connectivity index (χ3v) is 6.89. The molecule has 0 N–H and O–H groups in total. The van der Waals surface area contributed by atoms with Gasteiger partial charge in [-0.3, -0.25) is 0 Å². The maximum absolute atomic E-state index is 7.32. The van der Waals surface area contributed by atoms with Gasteiger partial charge in [-0.15, -0.1) is 34.9 Å². The third-order valence-electron chi connectivity index (χ3n) is 6.89. The molecule has 0 amide bonds. The monoisotopic (exact) mass is 510 g/mol. The summed E-state index contributed by atoms with van der Waals surface area (Å²) in [7, 11) is 0. The molecule has 0 atom stereocenters. The Bertz CT molecular complexity index is 870. The number of hydrogen-bond donors (Lipinski definition) is 0. The van der Waals surface area contributed by atoms with Gasteiger partial charge in [0.2, 0.25) is 0 Å².